The van der Waals surface area contributed by atoms with Gasteiger partial charge in [-0.3, -0.25) is 4.79 Å². The largest absolute Gasteiger partial charge is 0.289 e. The van der Waals surface area contributed by atoms with E-state index in [0.717, 1.165) is 21.9 Å². The van der Waals surface area contributed by atoms with Crippen LogP contribution in [0, 0.1) is 6.92 Å². The number of allylic oxidation sites excluding steroid dienone is 1. The van der Waals surface area contributed by atoms with Crippen molar-refractivity contribution < 1.29 is 4.79 Å². The summed E-state index contributed by atoms with van der Waals surface area (Å²) in [6.45, 7) is 5.48. The van der Waals surface area contributed by atoms with E-state index < -0.39 is 0 Å². The van der Waals surface area contributed by atoms with Gasteiger partial charge >= 0.3 is 0 Å². The van der Waals surface area contributed by atoms with Crippen molar-refractivity contribution in [1.29, 1.82) is 0 Å². The van der Waals surface area contributed by atoms with Crippen molar-refractivity contribution in [3.63, 3.8) is 0 Å². The molecule has 1 nitrogen and oxygen atoms in total. The maximum absolute atomic E-state index is 11.6. The number of benzene rings is 2. The SMILES string of the molecule is C=CC(=O)c1ccc2ccccc2c1C. The highest BCUT2D eigenvalue weighted by Gasteiger charge is 2.07. The van der Waals surface area contributed by atoms with Crippen molar-refractivity contribution in [2.45, 2.75) is 6.92 Å². The fraction of sp³-hybridized carbons (Fsp3) is 0.0714. The Hall–Kier alpha value is -1.89. The smallest absolute Gasteiger partial charge is 0.185 e. The van der Waals surface area contributed by atoms with Gasteiger partial charge in [-0.2, -0.15) is 0 Å². The normalized spacial score (nSPS) is 10.2. The van der Waals surface area contributed by atoms with Crippen molar-refractivity contribution in [1.82, 2.24) is 0 Å². The molecule has 2 aromatic carbocycles. The lowest BCUT2D eigenvalue weighted by Gasteiger charge is -2.06. The lowest BCUT2D eigenvalue weighted by Crippen LogP contribution is -1.97. The number of hydrogen-bond acceptors (Lipinski definition) is 1. The van der Waals surface area contributed by atoms with Gasteiger partial charge in [0, 0.05) is 5.56 Å². The van der Waals surface area contributed by atoms with Crippen molar-refractivity contribution >= 4 is 16.6 Å². The van der Waals surface area contributed by atoms with E-state index in [1.54, 1.807) is 0 Å². The lowest BCUT2D eigenvalue weighted by molar-refractivity contribution is 0.104. The molecule has 0 aromatic heterocycles. The fourth-order valence-corrected chi connectivity index (χ4v) is 1.80. The molecule has 0 aliphatic carbocycles. The Labute approximate surface area is 89.0 Å². The molecule has 0 aliphatic rings. The van der Waals surface area contributed by atoms with Crippen molar-refractivity contribution in [3.05, 3.63) is 60.2 Å². The molecule has 0 saturated heterocycles. The van der Waals surface area contributed by atoms with Gasteiger partial charge in [0.1, 0.15) is 0 Å². The number of hydrogen-bond donors (Lipinski definition) is 0. The number of aryl methyl sites for hydroxylation is 1. The molecule has 0 heterocycles. The average Bonchev–Trinajstić information content (AvgIpc) is 2.29. The van der Waals surface area contributed by atoms with Crippen LogP contribution in [0.3, 0.4) is 0 Å². The van der Waals surface area contributed by atoms with E-state index in [4.69, 9.17) is 0 Å². The Bertz CT molecular complexity index is 538. The molecule has 0 spiro atoms. The highest BCUT2D eigenvalue weighted by atomic mass is 16.1. The van der Waals surface area contributed by atoms with Gasteiger partial charge in [-0.25, -0.2) is 0 Å². The summed E-state index contributed by atoms with van der Waals surface area (Å²) in [7, 11) is 0. The molecule has 74 valence electrons. The first-order valence-electron chi connectivity index (χ1n) is 4.89. The van der Waals surface area contributed by atoms with Crippen LogP contribution >= 0.6 is 0 Å². The third-order valence-electron chi connectivity index (χ3n) is 2.65. The standard InChI is InChI=1S/C14H12O/c1-3-14(15)13-9-8-11-6-4-5-7-12(11)10(13)2/h3-9H,1H2,2H3. The van der Waals surface area contributed by atoms with Gasteiger partial charge in [0.05, 0.1) is 0 Å². The van der Waals surface area contributed by atoms with E-state index in [9.17, 15) is 4.79 Å². The first-order chi connectivity index (χ1) is 7.24. The number of rotatable bonds is 2. The Morgan fingerprint density at radius 3 is 2.67 bits per heavy atom. The number of carbonyl (C=O) groups is 1. The van der Waals surface area contributed by atoms with Crippen molar-refractivity contribution in [2.75, 3.05) is 0 Å². The van der Waals surface area contributed by atoms with Gasteiger partial charge in [-0.1, -0.05) is 43.0 Å². The molecule has 2 rings (SSSR count). The van der Waals surface area contributed by atoms with Gasteiger partial charge in [0.15, 0.2) is 5.78 Å². The predicted octanol–water partition coefficient (Wildman–Crippen LogP) is 3.52. The predicted molar refractivity (Wildman–Crippen MR) is 63.2 cm³/mol. The van der Waals surface area contributed by atoms with Crippen LogP contribution in [0.4, 0.5) is 0 Å². The third-order valence-corrected chi connectivity index (χ3v) is 2.65. The van der Waals surface area contributed by atoms with Gasteiger partial charge in [0.2, 0.25) is 0 Å². The molecular weight excluding hydrogens is 184 g/mol. The quantitative estimate of drug-likeness (QED) is 0.530. The Morgan fingerprint density at radius 1 is 1.20 bits per heavy atom. The second-order valence-corrected chi connectivity index (χ2v) is 3.53. The molecule has 0 saturated carbocycles. The maximum atomic E-state index is 11.6. The van der Waals surface area contributed by atoms with Gasteiger partial charge in [-0.15, -0.1) is 0 Å². The fourth-order valence-electron chi connectivity index (χ4n) is 1.80. The molecule has 0 unspecified atom stereocenters. The first kappa shape index (κ1) is 9.66. The van der Waals surface area contributed by atoms with E-state index in [1.165, 1.54) is 6.08 Å². The molecule has 2 aromatic rings. The van der Waals surface area contributed by atoms with Crippen LogP contribution < -0.4 is 0 Å². The van der Waals surface area contributed by atoms with E-state index in [2.05, 4.69) is 6.58 Å². The van der Waals surface area contributed by atoms with Crippen LogP contribution in [0.15, 0.2) is 49.1 Å². The molecule has 0 fully saturated rings. The summed E-state index contributed by atoms with van der Waals surface area (Å²) in [5.41, 5.74) is 1.77. The van der Waals surface area contributed by atoms with Crippen LogP contribution in [0.1, 0.15) is 15.9 Å². The minimum absolute atomic E-state index is 0.0155. The van der Waals surface area contributed by atoms with E-state index in [0.29, 0.717) is 0 Å². The average molecular weight is 196 g/mol. The first-order valence-corrected chi connectivity index (χ1v) is 4.89. The summed E-state index contributed by atoms with van der Waals surface area (Å²) in [5.74, 6) is -0.0155. The van der Waals surface area contributed by atoms with Gasteiger partial charge < -0.3 is 0 Å². The Balaban J connectivity index is 2.75. The van der Waals surface area contributed by atoms with Crippen LogP contribution in [0.25, 0.3) is 10.8 Å². The van der Waals surface area contributed by atoms with Crippen molar-refractivity contribution in [3.8, 4) is 0 Å². The van der Waals surface area contributed by atoms with E-state index in [1.807, 2.05) is 43.3 Å². The number of carbonyl (C=O) groups excluding carboxylic acids is 1. The summed E-state index contributed by atoms with van der Waals surface area (Å²) in [6, 6.07) is 11.9. The Morgan fingerprint density at radius 2 is 1.93 bits per heavy atom. The van der Waals surface area contributed by atoms with Gasteiger partial charge in [0.25, 0.3) is 0 Å². The highest BCUT2D eigenvalue weighted by molar-refractivity contribution is 6.08. The van der Waals surface area contributed by atoms with E-state index >= 15 is 0 Å². The monoisotopic (exact) mass is 196 g/mol. The molecule has 15 heavy (non-hydrogen) atoms. The van der Waals surface area contributed by atoms with Gasteiger partial charge in [-0.05, 0) is 29.3 Å². The summed E-state index contributed by atoms with van der Waals surface area (Å²) in [6.07, 6.45) is 1.36. The summed E-state index contributed by atoms with van der Waals surface area (Å²) < 4.78 is 0. The molecule has 0 bridgehead atoms. The summed E-state index contributed by atoms with van der Waals surface area (Å²) >= 11 is 0. The number of fused-ring (bicyclic) bond motifs is 1. The lowest BCUT2D eigenvalue weighted by atomic mass is 9.98. The van der Waals surface area contributed by atoms with Crippen LogP contribution in [-0.4, -0.2) is 5.78 Å². The zero-order chi connectivity index (χ0) is 10.8. The minimum atomic E-state index is -0.0155. The van der Waals surface area contributed by atoms with Crippen LogP contribution in [-0.2, 0) is 0 Å². The molecule has 0 atom stereocenters. The topological polar surface area (TPSA) is 17.1 Å². The molecule has 1 heteroatoms. The summed E-state index contributed by atoms with van der Waals surface area (Å²) in [5, 5.41) is 2.29. The highest BCUT2D eigenvalue weighted by Crippen LogP contribution is 2.21. The van der Waals surface area contributed by atoms with Crippen molar-refractivity contribution in [2.24, 2.45) is 0 Å². The second-order valence-electron chi connectivity index (χ2n) is 3.53. The van der Waals surface area contributed by atoms with Crippen LogP contribution in [0.5, 0.6) is 0 Å². The molecule has 0 radical (unpaired) electrons. The third kappa shape index (κ3) is 1.57. The number of ketones is 1. The van der Waals surface area contributed by atoms with Crippen LogP contribution in [0.2, 0.25) is 0 Å². The Kier molecular flexibility index (Phi) is 2.38. The second kappa shape index (κ2) is 3.70. The van der Waals surface area contributed by atoms with E-state index in [-0.39, 0.29) is 5.78 Å². The molecular formula is C14H12O. The zero-order valence-corrected chi connectivity index (χ0v) is 8.66. The summed E-state index contributed by atoms with van der Waals surface area (Å²) in [4.78, 5) is 11.6. The maximum Gasteiger partial charge on any atom is 0.185 e. The zero-order valence-electron chi connectivity index (χ0n) is 8.66. The molecule has 0 amide bonds. The molecule has 0 N–H and O–H groups in total. The molecule has 0 aliphatic heterocycles. The minimum Gasteiger partial charge on any atom is -0.289 e.